The minimum atomic E-state index is -0.697. The molecule has 0 aliphatic heterocycles. The maximum absolute atomic E-state index is 11.7. The number of nitrogens with one attached hydrogen (secondary N) is 1. The minimum Gasteiger partial charge on any atom is -0.406 e. The maximum Gasteiger partial charge on any atom is 0.421 e. The molecule has 2 aromatic heterocycles. The number of nitrogens with zero attached hydrogens (tertiary/aromatic N) is 2. The van der Waals surface area contributed by atoms with E-state index in [0.717, 1.165) is 0 Å². The average molecular weight is 267 g/mol. The van der Waals surface area contributed by atoms with E-state index in [2.05, 4.69) is 10.3 Å². The lowest BCUT2D eigenvalue weighted by molar-refractivity contribution is 0.142. The van der Waals surface area contributed by atoms with Crippen LogP contribution in [0.4, 0.5) is 0 Å². The van der Waals surface area contributed by atoms with Crippen LogP contribution >= 0.6 is 0 Å². The molecule has 0 aromatic carbocycles. The third-order valence-electron chi connectivity index (χ3n) is 2.68. The van der Waals surface area contributed by atoms with Gasteiger partial charge in [0.05, 0.1) is 19.3 Å². The number of ether oxygens (including phenoxy) is 1. The molecule has 104 valence electrons. The second-order valence-electron chi connectivity index (χ2n) is 4.15. The van der Waals surface area contributed by atoms with Crippen molar-refractivity contribution in [2.45, 2.75) is 12.6 Å². The second kappa shape index (κ2) is 6.46. The van der Waals surface area contributed by atoms with E-state index < -0.39 is 11.9 Å². The summed E-state index contributed by atoms with van der Waals surface area (Å²) in [6.07, 6.45) is 0.883. The molecule has 7 heteroatoms. The molecule has 0 fully saturated rings. The van der Waals surface area contributed by atoms with Gasteiger partial charge >= 0.3 is 5.76 Å². The minimum absolute atomic E-state index is 0.142. The van der Waals surface area contributed by atoms with Gasteiger partial charge in [-0.3, -0.25) is 4.57 Å². The van der Waals surface area contributed by atoms with Crippen molar-refractivity contribution in [3.63, 3.8) is 0 Å². The zero-order valence-corrected chi connectivity index (χ0v) is 10.7. The van der Waals surface area contributed by atoms with E-state index >= 15 is 0 Å². The van der Waals surface area contributed by atoms with Crippen molar-refractivity contribution >= 4 is 11.2 Å². The van der Waals surface area contributed by atoms with Crippen molar-refractivity contribution in [3.05, 3.63) is 28.9 Å². The normalized spacial score (nSPS) is 12.9. The summed E-state index contributed by atoms with van der Waals surface area (Å²) >= 11 is 0. The highest BCUT2D eigenvalue weighted by molar-refractivity contribution is 5.67. The number of aromatic nitrogens is 2. The fourth-order valence-corrected chi connectivity index (χ4v) is 1.78. The fraction of sp³-hybridized carbons (Fsp3) is 0.500. The standard InChI is InChI=1S/C12H17N3O4/c1-18-6-5-13-7-9(16)8-15-11-10(19-12(15)17)3-2-4-14-11/h2-4,9,13,16H,5-8H2,1H3. The number of hydrogen-bond donors (Lipinski definition) is 2. The summed E-state index contributed by atoms with van der Waals surface area (Å²) in [5.41, 5.74) is 0.871. The predicted molar refractivity (Wildman–Crippen MR) is 69.0 cm³/mol. The second-order valence-corrected chi connectivity index (χ2v) is 4.15. The Labute approximate surface area is 109 Å². The number of hydrogen-bond acceptors (Lipinski definition) is 6. The monoisotopic (exact) mass is 267 g/mol. The topological polar surface area (TPSA) is 89.5 Å². The van der Waals surface area contributed by atoms with Crippen LogP contribution in [0.25, 0.3) is 11.2 Å². The number of aliphatic hydroxyl groups excluding tert-OH is 1. The highest BCUT2D eigenvalue weighted by Gasteiger charge is 2.13. The molecule has 0 aliphatic rings. The quantitative estimate of drug-likeness (QED) is 0.663. The highest BCUT2D eigenvalue weighted by atomic mass is 16.5. The van der Waals surface area contributed by atoms with Crippen LogP contribution in [0.2, 0.25) is 0 Å². The molecule has 0 saturated heterocycles. The van der Waals surface area contributed by atoms with Gasteiger partial charge in [0.2, 0.25) is 0 Å². The SMILES string of the molecule is COCCNCC(O)Cn1c(=O)oc2cccnc21. The van der Waals surface area contributed by atoms with Gasteiger partial charge in [-0.25, -0.2) is 9.78 Å². The van der Waals surface area contributed by atoms with Crippen molar-refractivity contribution in [3.8, 4) is 0 Å². The Hall–Kier alpha value is -1.70. The van der Waals surface area contributed by atoms with Crippen LogP contribution in [0, 0.1) is 0 Å². The Morgan fingerprint density at radius 1 is 1.63 bits per heavy atom. The van der Waals surface area contributed by atoms with Gasteiger partial charge in [0, 0.05) is 26.4 Å². The van der Waals surface area contributed by atoms with Crippen molar-refractivity contribution in [1.29, 1.82) is 0 Å². The summed E-state index contributed by atoms with van der Waals surface area (Å²) in [6.45, 7) is 1.73. The number of rotatable bonds is 7. The summed E-state index contributed by atoms with van der Waals surface area (Å²) in [7, 11) is 1.61. The lowest BCUT2D eigenvalue weighted by Gasteiger charge is -2.11. The first-order valence-electron chi connectivity index (χ1n) is 6.04. The fourth-order valence-electron chi connectivity index (χ4n) is 1.78. The first-order chi connectivity index (χ1) is 9.22. The molecule has 0 aliphatic carbocycles. The van der Waals surface area contributed by atoms with E-state index in [0.29, 0.717) is 30.9 Å². The van der Waals surface area contributed by atoms with Crippen LogP contribution in [-0.2, 0) is 11.3 Å². The van der Waals surface area contributed by atoms with Gasteiger partial charge in [-0.05, 0) is 12.1 Å². The van der Waals surface area contributed by atoms with Gasteiger partial charge in [0.25, 0.3) is 0 Å². The molecule has 0 saturated carbocycles. The van der Waals surface area contributed by atoms with Crippen LogP contribution in [0.1, 0.15) is 0 Å². The van der Waals surface area contributed by atoms with Gasteiger partial charge in [0.15, 0.2) is 11.2 Å². The number of pyridine rings is 1. The van der Waals surface area contributed by atoms with Gasteiger partial charge in [-0.15, -0.1) is 0 Å². The molecule has 2 aromatic rings. The van der Waals surface area contributed by atoms with Gasteiger partial charge in [0.1, 0.15) is 0 Å². The Morgan fingerprint density at radius 2 is 2.47 bits per heavy atom. The number of aliphatic hydroxyl groups is 1. The molecule has 2 N–H and O–H groups in total. The van der Waals surface area contributed by atoms with Gasteiger partial charge in [-0.2, -0.15) is 0 Å². The van der Waals surface area contributed by atoms with Crippen molar-refractivity contribution in [1.82, 2.24) is 14.9 Å². The molecule has 0 bridgehead atoms. The van der Waals surface area contributed by atoms with E-state index in [9.17, 15) is 9.90 Å². The van der Waals surface area contributed by atoms with Crippen molar-refractivity contribution in [2.24, 2.45) is 0 Å². The maximum atomic E-state index is 11.7. The first-order valence-corrected chi connectivity index (χ1v) is 6.04. The molecule has 1 unspecified atom stereocenters. The smallest absolute Gasteiger partial charge is 0.406 e. The zero-order valence-electron chi connectivity index (χ0n) is 10.7. The average Bonchev–Trinajstić information content (AvgIpc) is 2.72. The summed E-state index contributed by atoms with van der Waals surface area (Å²) < 4.78 is 11.2. The molecule has 2 heterocycles. The van der Waals surface area contributed by atoms with E-state index in [-0.39, 0.29) is 6.54 Å². The largest absolute Gasteiger partial charge is 0.421 e. The van der Waals surface area contributed by atoms with Crippen LogP contribution in [-0.4, -0.2) is 47.6 Å². The van der Waals surface area contributed by atoms with Crippen LogP contribution in [0.15, 0.2) is 27.5 Å². The molecular formula is C12H17N3O4. The Kier molecular flexibility index (Phi) is 4.67. The number of oxazole rings is 1. The Balaban J connectivity index is 2.00. The van der Waals surface area contributed by atoms with E-state index in [1.807, 2.05) is 0 Å². The zero-order chi connectivity index (χ0) is 13.7. The lowest BCUT2D eigenvalue weighted by atomic mass is 10.3. The first kappa shape index (κ1) is 13.7. The number of methoxy groups -OCH3 is 1. The summed E-state index contributed by atoms with van der Waals surface area (Å²) in [4.78, 5) is 15.7. The molecule has 0 amide bonds. The third kappa shape index (κ3) is 3.40. The molecule has 7 nitrogen and oxygen atoms in total. The molecular weight excluding hydrogens is 250 g/mol. The molecule has 1 atom stereocenters. The van der Waals surface area contributed by atoms with Gasteiger partial charge < -0.3 is 19.6 Å². The molecule has 0 spiro atoms. The molecule has 19 heavy (non-hydrogen) atoms. The highest BCUT2D eigenvalue weighted by Crippen LogP contribution is 2.08. The van der Waals surface area contributed by atoms with Gasteiger partial charge in [-0.1, -0.05) is 0 Å². The predicted octanol–water partition coefficient (Wildman–Crippen LogP) is -0.414. The summed E-state index contributed by atoms with van der Waals surface area (Å²) in [6, 6.07) is 3.36. The van der Waals surface area contributed by atoms with E-state index in [4.69, 9.17) is 9.15 Å². The van der Waals surface area contributed by atoms with Crippen molar-refractivity contribution < 1.29 is 14.3 Å². The summed E-state index contributed by atoms with van der Waals surface area (Å²) in [5, 5.41) is 12.9. The Morgan fingerprint density at radius 3 is 3.26 bits per heavy atom. The third-order valence-corrected chi connectivity index (χ3v) is 2.68. The number of fused-ring (bicyclic) bond motifs is 1. The molecule has 0 radical (unpaired) electrons. The van der Waals surface area contributed by atoms with Crippen LogP contribution in [0.5, 0.6) is 0 Å². The Bertz CT molecular complexity index is 578. The lowest BCUT2D eigenvalue weighted by Crippen LogP contribution is -2.34. The summed E-state index contributed by atoms with van der Waals surface area (Å²) in [5.74, 6) is -0.510. The van der Waals surface area contributed by atoms with Crippen LogP contribution < -0.4 is 11.1 Å². The van der Waals surface area contributed by atoms with Crippen molar-refractivity contribution in [2.75, 3.05) is 26.8 Å². The molecule has 2 rings (SSSR count). The van der Waals surface area contributed by atoms with E-state index in [1.165, 1.54) is 4.57 Å². The van der Waals surface area contributed by atoms with E-state index in [1.54, 1.807) is 25.4 Å². The van der Waals surface area contributed by atoms with Crippen LogP contribution in [0.3, 0.4) is 0 Å².